The number of hydrogen-bond donors (Lipinski definition) is 2. The van der Waals surface area contributed by atoms with E-state index in [-0.39, 0.29) is 33.8 Å². The summed E-state index contributed by atoms with van der Waals surface area (Å²) in [6, 6.07) is 0. The summed E-state index contributed by atoms with van der Waals surface area (Å²) in [6.45, 7) is 6.16. The molecular weight excluding hydrogens is 479 g/mol. The molecule has 0 aliphatic carbocycles. The smallest absolute Gasteiger partial charge is 0.0927 e. The van der Waals surface area contributed by atoms with Gasteiger partial charge in [0.1, 0.15) is 0 Å². The van der Waals surface area contributed by atoms with E-state index in [1.165, 1.54) is 38.5 Å². The first-order valence-electron chi connectivity index (χ1n) is 9.48. The van der Waals surface area contributed by atoms with Crippen LogP contribution in [0.5, 0.6) is 0 Å². The van der Waals surface area contributed by atoms with Gasteiger partial charge in [0.2, 0.25) is 0 Å². The summed E-state index contributed by atoms with van der Waals surface area (Å²) in [5.41, 5.74) is 6.75. The van der Waals surface area contributed by atoms with Crippen molar-refractivity contribution in [2.24, 2.45) is 0 Å². The molecule has 4 nitrogen and oxygen atoms in total. The van der Waals surface area contributed by atoms with Gasteiger partial charge in [0.15, 0.2) is 0 Å². The molecule has 0 fully saturated rings. The van der Waals surface area contributed by atoms with Gasteiger partial charge in [0.05, 0.1) is 12.8 Å². The van der Waals surface area contributed by atoms with Gasteiger partial charge in [-0.25, -0.2) is 4.89 Å². The Morgan fingerprint density at radius 3 is 2.08 bits per heavy atom. The van der Waals surface area contributed by atoms with E-state index in [4.69, 9.17) is 11.0 Å². The van der Waals surface area contributed by atoms with Crippen molar-refractivity contribution in [2.75, 3.05) is 26.3 Å². The molecule has 0 radical (unpaired) electrons. The minimum Gasteiger partial charge on any atom is -0.676 e. The predicted molar refractivity (Wildman–Crippen MR) is 97.7 cm³/mol. The van der Waals surface area contributed by atoms with Crippen LogP contribution in [0.3, 0.4) is 0 Å². The van der Waals surface area contributed by atoms with Gasteiger partial charge >= 0.3 is 0 Å². The second kappa shape index (κ2) is 28.3. The van der Waals surface area contributed by atoms with Crippen molar-refractivity contribution in [1.29, 1.82) is 0 Å². The van der Waals surface area contributed by atoms with Gasteiger partial charge in [-0.1, -0.05) is 58.8 Å². The van der Waals surface area contributed by atoms with Gasteiger partial charge in [0.25, 0.3) is 0 Å². The van der Waals surface area contributed by atoms with E-state index in [2.05, 4.69) is 24.1 Å². The zero-order chi connectivity index (χ0) is 17.6. The molecule has 0 saturated heterocycles. The van der Waals surface area contributed by atoms with Gasteiger partial charge in [-0.15, -0.1) is 6.54 Å². The molecule has 0 saturated carbocycles. The Bertz CT molecular complexity index is 198. The molecule has 6 heteroatoms. The van der Waals surface area contributed by atoms with Crippen molar-refractivity contribution in [3.63, 3.8) is 0 Å². The Labute approximate surface area is 163 Å². The van der Waals surface area contributed by atoms with Crippen molar-refractivity contribution in [3.05, 3.63) is 5.73 Å². The molecule has 0 aromatic rings. The van der Waals surface area contributed by atoms with Gasteiger partial charge in [-0.05, 0) is 38.8 Å². The number of halogens is 1. The standard InChI is InChI=1S/C12H26O2.C6H14FN2.W/c1-3-5-7-8-9-11-12(14-13)10-6-4-2;7-3-1-2-5-9-6-4-8;/h12-13H,3-11H2,1-2H3;8-9H,1-6H2;/q;-1;. The number of nitrogens with one attached hydrogen (secondary N) is 2. The van der Waals surface area contributed by atoms with Crippen molar-refractivity contribution in [2.45, 2.75) is 90.6 Å². The van der Waals surface area contributed by atoms with Crippen molar-refractivity contribution < 1.29 is 35.6 Å². The fourth-order valence-electron chi connectivity index (χ4n) is 2.21. The molecule has 0 aromatic heterocycles. The number of rotatable bonds is 16. The average molecular weight is 519 g/mol. The van der Waals surface area contributed by atoms with Crippen LogP contribution in [0.15, 0.2) is 0 Å². The number of alkyl halides is 1. The van der Waals surface area contributed by atoms with E-state index in [9.17, 15) is 4.39 Å². The van der Waals surface area contributed by atoms with Gasteiger partial charge in [-0.3, -0.25) is 9.65 Å². The van der Waals surface area contributed by atoms with E-state index in [0.717, 1.165) is 38.8 Å². The van der Waals surface area contributed by atoms with Crippen LogP contribution in [0.4, 0.5) is 4.39 Å². The second-order valence-corrected chi connectivity index (χ2v) is 5.97. The van der Waals surface area contributed by atoms with E-state index < -0.39 is 0 Å². The first-order chi connectivity index (χ1) is 11.3. The van der Waals surface area contributed by atoms with E-state index in [0.29, 0.717) is 13.0 Å². The van der Waals surface area contributed by atoms with E-state index in [1.54, 1.807) is 0 Å². The number of hydrogen-bond acceptors (Lipinski definition) is 3. The number of unbranched alkanes of at least 4 members (excludes halogenated alkanes) is 6. The molecule has 1 atom stereocenters. The average Bonchev–Trinajstić information content (AvgIpc) is 2.58. The topological polar surface area (TPSA) is 65.3 Å². The third-order valence-corrected chi connectivity index (χ3v) is 3.70. The summed E-state index contributed by atoms with van der Waals surface area (Å²) < 4.78 is 11.4. The molecule has 0 aliphatic rings. The van der Waals surface area contributed by atoms with Crippen LogP contribution < -0.4 is 5.32 Å². The maximum Gasteiger partial charge on any atom is 0.0927 e. The molecule has 148 valence electrons. The van der Waals surface area contributed by atoms with Crippen LogP contribution in [-0.4, -0.2) is 37.7 Å². The first kappa shape index (κ1) is 29.2. The van der Waals surface area contributed by atoms with E-state index >= 15 is 0 Å². The summed E-state index contributed by atoms with van der Waals surface area (Å²) in [5.74, 6) is 0. The van der Waals surface area contributed by atoms with E-state index in [1.807, 2.05) is 0 Å². The normalized spacial score (nSPS) is 11.4. The maximum absolute atomic E-state index is 11.4. The van der Waals surface area contributed by atoms with Crippen LogP contribution in [0.2, 0.25) is 0 Å². The Kier molecular flexibility index (Phi) is 34.4. The Morgan fingerprint density at radius 1 is 0.917 bits per heavy atom. The van der Waals surface area contributed by atoms with Gasteiger partial charge in [0, 0.05) is 21.1 Å². The summed E-state index contributed by atoms with van der Waals surface area (Å²) >= 11 is 0. The molecule has 0 rings (SSSR count). The van der Waals surface area contributed by atoms with Crippen LogP contribution in [0.1, 0.15) is 84.5 Å². The fraction of sp³-hybridized carbons (Fsp3) is 1.00. The molecule has 3 N–H and O–H groups in total. The van der Waals surface area contributed by atoms with Gasteiger partial charge < -0.3 is 11.1 Å². The van der Waals surface area contributed by atoms with Crippen LogP contribution in [0, 0.1) is 0 Å². The summed E-state index contributed by atoms with van der Waals surface area (Å²) in [7, 11) is 0. The largest absolute Gasteiger partial charge is 0.676 e. The summed E-state index contributed by atoms with van der Waals surface area (Å²) in [4.78, 5) is 4.46. The zero-order valence-corrected chi connectivity index (χ0v) is 18.8. The third-order valence-electron chi connectivity index (χ3n) is 3.70. The Morgan fingerprint density at radius 2 is 1.54 bits per heavy atom. The monoisotopic (exact) mass is 519 g/mol. The summed E-state index contributed by atoms with van der Waals surface area (Å²) in [5, 5.41) is 11.7. The fourth-order valence-corrected chi connectivity index (χ4v) is 2.21. The SMILES string of the molecule is CCCCCCCC(CCCC)OO.[NH-]CCNCCCCF.[W]. The summed E-state index contributed by atoms with van der Waals surface area (Å²) in [6.07, 6.45) is 12.4. The van der Waals surface area contributed by atoms with Crippen molar-refractivity contribution in [1.82, 2.24) is 5.32 Å². The third kappa shape index (κ3) is 27.3. The molecule has 0 heterocycles. The molecule has 0 aromatic carbocycles. The molecular formula is C18H40FN2O2W-. The van der Waals surface area contributed by atoms with Crippen molar-refractivity contribution in [3.8, 4) is 0 Å². The quantitative estimate of drug-likeness (QED) is 0.155. The Balaban J connectivity index is -0.000000385. The molecule has 0 amide bonds. The molecule has 1 unspecified atom stereocenters. The molecule has 0 bridgehead atoms. The van der Waals surface area contributed by atoms with Crippen LogP contribution >= 0.6 is 0 Å². The molecule has 0 spiro atoms. The van der Waals surface area contributed by atoms with Crippen LogP contribution in [-0.2, 0) is 26.0 Å². The molecule has 0 aliphatic heterocycles. The Hall–Kier alpha value is 0.458. The minimum atomic E-state index is -0.220. The van der Waals surface area contributed by atoms with Gasteiger partial charge in [-0.2, -0.15) is 0 Å². The molecule has 24 heavy (non-hydrogen) atoms. The van der Waals surface area contributed by atoms with Crippen molar-refractivity contribution >= 4 is 0 Å². The zero-order valence-electron chi connectivity index (χ0n) is 15.8. The maximum atomic E-state index is 11.4. The first-order valence-corrected chi connectivity index (χ1v) is 9.48. The van der Waals surface area contributed by atoms with Crippen LogP contribution in [0.25, 0.3) is 5.73 Å². The minimum absolute atomic E-state index is 0. The second-order valence-electron chi connectivity index (χ2n) is 5.97. The predicted octanol–water partition coefficient (Wildman–Crippen LogP) is 5.77.